The molecule has 8 heteroatoms. The number of anilines is 1. The summed E-state index contributed by atoms with van der Waals surface area (Å²) in [6.07, 6.45) is 0. The SMILES string of the molecule is Cc1ccc(-c2ccccc2C(=O)Nc2ccc3cc(C(=O)N[C@H](C(=O)N(C)Cc4ccc(F)cc4)c4ccccc4)ccc3n2)cc1. The van der Waals surface area contributed by atoms with Crippen molar-refractivity contribution in [1.29, 1.82) is 0 Å². The molecule has 0 saturated carbocycles. The van der Waals surface area contributed by atoms with Crippen LogP contribution in [0.2, 0.25) is 0 Å². The zero-order valence-corrected chi connectivity index (χ0v) is 26.5. The van der Waals surface area contributed by atoms with Crippen LogP contribution in [-0.4, -0.2) is 34.7 Å². The van der Waals surface area contributed by atoms with Gasteiger partial charge in [-0.25, -0.2) is 9.37 Å². The summed E-state index contributed by atoms with van der Waals surface area (Å²) in [5.41, 5.74) is 5.76. The highest BCUT2D eigenvalue weighted by molar-refractivity contribution is 6.09. The number of nitrogens with zero attached hydrogens (tertiary/aromatic N) is 2. The molecule has 0 aliphatic rings. The quantitative estimate of drug-likeness (QED) is 0.170. The molecule has 1 aromatic heterocycles. The number of likely N-dealkylation sites (N-methyl/N-ethyl adjacent to an activating group) is 1. The highest BCUT2D eigenvalue weighted by Crippen LogP contribution is 2.26. The molecule has 0 bridgehead atoms. The summed E-state index contributed by atoms with van der Waals surface area (Å²) in [5, 5.41) is 6.50. The van der Waals surface area contributed by atoms with E-state index in [1.165, 1.54) is 17.0 Å². The van der Waals surface area contributed by atoms with E-state index in [0.29, 0.717) is 33.4 Å². The third kappa shape index (κ3) is 7.29. The molecule has 0 saturated heterocycles. The second kappa shape index (κ2) is 14.1. The largest absolute Gasteiger partial charge is 0.339 e. The molecule has 2 N–H and O–H groups in total. The van der Waals surface area contributed by atoms with E-state index in [1.54, 1.807) is 79.8 Å². The number of rotatable bonds is 9. The smallest absolute Gasteiger partial charge is 0.257 e. The fourth-order valence-corrected chi connectivity index (χ4v) is 5.50. The summed E-state index contributed by atoms with van der Waals surface area (Å²) < 4.78 is 13.4. The molecular formula is C40H33FN4O3. The first-order chi connectivity index (χ1) is 23.2. The van der Waals surface area contributed by atoms with Gasteiger partial charge in [0.1, 0.15) is 17.7 Å². The minimum Gasteiger partial charge on any atom is -0.339 e. The van der Waals surface area contributed by atoms with E-state index in [-0.39, 0.29) is 24.2 Å². The molecule has 0 fully saturated rings. The maximum atomic E-state index is 13.6. The third-order valence-corrected chi connectivity index (χ3v) is 8.09. The number of carbonyl (C=O) groups excluding carboxylic acids is 3. The van der Waals surface area contributed by atoms with E-state index in [0.717, 1.165) is 22.3 Å². The Bertz CT molecular complexity index is 2100. The molecular weight excluding hydrogens is 603 g/mol. The van der Waals surface area contributed by atoms with Gasteiger partial charge in [-0.15, -0.1) is 0 Å². The molecule has 1 heterocycles. The van der Waals surface area contributed by atoms with Gasteiger partial charge in [-0.05, 0) is 77.7 Å². The molecule has 6 rings (SSSR count). The zero-order chi connectivity index (χ0) is 33.6. The number of nitrogens with one attached hydrogen (secondary N) is 2. The third-order valence-electron chi connectivity index (χ3n) is 8.09. The summed E-state index contributed by atoms with van der Waals surface area (Å²) in [7, 11) is 1.65. The van der Waals surface area contributed by atoms with E-state index < -0.39 is 11.9 Å². The lowest BCUT2D eigenvalue weighted by atomic mass is 9.98. The maximum Gasteiger partial charge on any atom is 0.257 e. The van der Waals surface area contributed by atoms with E-state index in [2.05, 4.69) is 15.6 Å². The average molecular weight is 637 g/mol. The average Bonchev–Trinajstić information content (AvgIpc) is 3.11. The Morgan fingerprint density at radius 2 is 1.48 bits per heavy atom. The first-order valence-corrected chi connectivity index (χ1v) is 15.5. The van der Waals surface area contributed by atoms with Crippen LogP contribution in [0.4, 0.5) is 10.2 Å². The lowest BCUT2D eigenvalue weighted by Gasteiger charge is -2.25. The number of hydrogen-bond donors (Lipinski definition) is 2. The Hall–Kier alpha value is -6.15. The summed E-state index contributed by atoms with van der Waals surface area (Å²) in [6, 6.07) is 38.0. The topological polar surface area (TPSA) is 91.4 Å². The second-order valence-corrected chi connectivity index (χ2v) is 11.6. The van der Waals surface area contributed by atoms with Gasteiger partial charge >= 0.3 is 0 Å². The minimum absolute atomic E-state index is 0.246. The first kappa shape index (κ1) is 31.8. The zero-order valence-electron chi connectivity index (χ0n) is 26.5. The van der Waals surface area contributed by atoms with Gasteiger partial charge in [-0.3, -0.25) is 14.4 Å². The number of carbonyl (C=O) groups is 3. The van der Waals surface area contributed by atoms with Crippen molar-refractivity contribution in [3.8, 4) is 11.1 Å². The van der Waals surface area contributed by atoms with Crippen LogP contribution in [0, 0.1) is 12.7 Å². The van der Waals surface area contributed by atoms with Crippen LogP contribution in [0.5, 0.6) is 0 Å². The number of benzene rings is 5. The predicted molar refractivity (Wildman–Crippen MR) is 186 cm³/mol. The van der Waals surface area contributed by atoms with E-state index >= 15 is 0 Å². The molecule has 0 aliphatic carbocycles. The summed E-state index contributed by atoms with van der Waals surface area (Å²) in [4.78, 5) is 46.6. The predicted octanol–water partition coefficient (Wildman–Crippen LogP) is 7.73. The van der Waals surface area contributed by atoms with Crippen LogP contribution in [0.3, 0.4) is 0 Å². The number of aromatic nitrogens is 1. The highest BCUT2D eigenvalue weighted by Gasteiger charge is 2.26. The fourth-order valence-electron chi connectivity index (χ4n) is 5.50. The van der Waals surface area contributed by atoms with E-state index in [9.17, 15) is 18.8 Å². The monoisotopic (exact) mass is 636 g/mol. The maximum absolute atomic E-state index is 13.6. The summed E-state index contributed by atoms with van der Waals surface area (Å²) in [5.74, 6) is -1.00. The van der Waals surface area contributed by atoms with Crippen molar-refractivity contribution in [3.05, 3.63) is 167 Å². The lowest BCUT2D eigenvalue weighted by molar-refractivity contribution is -0.132. The van der Waals surface area contributed by atoms with Crippen molar-refractivity contribution < 1.29 is 18.8 Å². The van der Waals surface area contributed by atoms with Crippen LogP contribution in [0.25, 0.3) is 22.0 Å². The van der Waals surface area contributed by atoms with Crippen molar-refractivity contribution in [3.63, 3.8) is 0 Å². The molecule has 1 atom stereocenters. The van der Waals surface area contributed by atoms with Crippen molar-refractivity contribution in [2.45, 2.75) is 19.5 Å². The number of pyridine rings is 1. The van der Waals surface area contributed by atoms with Crippen LogP contribution >= 0.6 is 0 Å². The number of halogens is 1. The van der Waals surface area contributed by atoms with Gasteiger partial charge in [0.05, 0.1) is 5.52 Å². The van der Waals surface area contributed by atoms with Gasteiger partial charge in [-0.2, -0.15) is 0 Å². The van der Waals surface area contributed by atoms with Crippen LogP contribution < -0.4 is 10.6 Å². The van der Waals surface area contributed by atoms with Crippen LogP contribution in [0.1, 0.15) is 43.4 Å². The molecule has 0 spiro atoms. The summed E-state index contributed by atoms with van der Waals surface area (Å²) >= 11 is 0. The number of amides is 3. The van der Waals surface area contributed by atoms with Crippen molar-refractivity contribution in [2.24, 2.45) is 0 Å². The standard InChI is InChI=1S/C40H33FN4O3/c1-26-12-16-28(17-13-26)33-10-6-7-11-34(33)39(47)43-36-23-19-30-24-31(18-22-35(30)42-36)38(46)44-37(29-8-4-3-5-9-29)40(48)45(2)25-27-14-20-32(41)21-15-27/h3-24,37H,25H2,1-2H3,(H,44,46)(H,42,43,47)/t37-/m0/s1. The lowest BCUT2D eigenvalue weighted by Crippen LogP contribution is -2.41. The Morgan fingerprint density at radius 3 is 2.23 bits per heavy atom. The van der Waals surface area contributed by atoms with Gasteiger partial charge in [0.2, 0.25) is 5.91 Å². The normalized spacial score (nSPS) is 11.5. The van der Waals surface area contributed by atoms with Crippen molar-refractivity contribution in [1.82, 2.24) is 15.2 Å². The van der Waals surface area contributed by atoms with Gasteiger partial charge in [0.15, 0.2) is 0 Å². The summed E-state index contributed by atoms with van der Waals surface area (Å²) in [6.45, 7) is 2.26. The van der Waals surface area contributed by atoms with Crippen molar-refractivity contribution >= 4 is 34.4 Å². The van der Waals surface area contributed by atoms with Gasteiger partial charge in [0.25, 0.3) is 11.8 Å². The van der Waals surface area contributed by atoms with Gasteiger partial charge < -0.3 is 15.5 Å². The Labute approximate surface area is 278 Å². The van der Waals surface area contributed by atoms with Crippen LogP contribution in [0.15, 0.2) is 133 Å². The molecule has 48 heavy (non-hydrogen) atoms. The second-order valence-electron chi connectivity index (χ2n) is 11.6. The Balaban J connectivity index is 1.18. The molecule has 0 aliphatic heterocycles. The molecule has 7 nitrogen and oxygen atoms in total. The van der Waals surface area contributed by atoms with Gasteiger partial charge in [0, 0.05) is 30.1 Å². The molecule has 6 aromatic rings. The first-order valence-electron chi connectivity index (χ1n) is 15.5. The number of hydrogen-bond acceptors (Lipinski definition) is 4. The molecule has 0 unspecified atom stereocenters. The molecule has 3 amide bonds. The van der Waals surface area contributed by atoms with Gasteiger partial charge in [-0.1, -0.05) is 90.5 Å². The Morgan fingerprint density at radius 1 is 0.771 bits per heavy atom. The molecule has 0 radical (unpaired) electrons. The number of fused-ring (bicyclic) bond motifs is 1. The Kier molecular flexibility index (Phi) is 9.34. The highest BCUT2D eigenvalue weighted by atomic mass is 19.1. The minimum atomic E-state index is -0.946. The van der Waals surface area contributed by atoms with Crippen LogP contribution in [-0.2, 0) is 11.3 Å². The molecule has 5 aromatic carbocycles. The van der Waals surface area contributed by atoms with E-state index in [1.807, 2.05) is 55.5 Å². The fraction of sp³-hybridized carbons (Fsp3) is 0.100. The van der Waals surface area contributed by atoms with Crippen molar-refractivity contribution in [2.75, 3.05) is 12.4 Å². The number of aryl methyl sites for hydroxylation is 1. The van der Waals surface area contributed by atoms with E-state index in [4.69, 9.17) is 0 Å². The molecule has 238 valence electrons.